The summed E-state index contributed by atoms with van der Waals surface area (Å²) in [5.74, 6) is 1.52. The van der Waals surface area contributed by atoms with Gasteiger partial charge in [0.25, 0.3) is 0 Å². The van der Waals surface area contributed by atoms with Gasteiger partial charge in [0.15, 0.2) is 5.82 Å². The van der Waals surface area contributed by atoms with Crippen LogP contribution >= 0.6 is 0 Å². The van der Waals surface area contributed by atoms with Crippen molar-refractivity contribution in [2.45, 2.75) is 58.6 Å². The van der Waals surface area contributed by atoms with Crippen LogP contribution in [0.25, 0.3) is 0 Å². The van der Waals surface area contributed by atoms with Gasteiger partial charge in [0, 0.05) is 30.1 Å². The van der Waals surface area contributed by atoms with Gasteiger partial charge in [-0.2, -0.15) is 0 Å². The Kier molecular flexibility index (Phi) is 4.02. The van der Waals surface area contributed by atoms with E-state index in [4.69, 9.17) is 9.72 Å². The minimum atomic E-state index is 0.0957. The van der Waals surface area contributed by atoms with Crippen LogP contribution in [0.15, 0.2) is 6.20 Å². The van der Waals surface area contributed by atoms with Crippen LogP contribution in [-0.4, -0.2) is 23.6 Å². The Balaban J connectivity index is 1.92. The zero-order chi connectivity index (χ0) is 15.0. The van der Waals surface area contributed by atoms with Crippen LogP contribution in [0.1, 0.15) is 69.3 Å². The van der Waals surface area contributed by atoms with Gasteiger partial charge >= 0.3 is 0 Å². The number of nitrogens with one attached hydrogen (secondary N) is 1. The van der Waals surface area contributed by atoms with E-state index in [1.807, 2.05) is 20.2 Å². The van der Waals surface area contributed by atoms with Gasteiger partial charge in [-0.3, -0.25) is 0 Å². The van der Waals surface area contributed by atoms with Gasteiger partial charge in [0.1, 0.15) is 6.10 Å². The number of nitrogens with zero attached hydrogens (tertiary/aromatic N) is 2. The largest absolute Gasteiger partial charge is 0.370 e. The zero-order valence-electron chi connectivity index (χ0n) is 13.6. The Labute approximate surface area is 127 Å². The fraction of sp³-hybridized carbons (Fsp3) is 0.765. The molecule has 4 nitrogen and oxygen atoms in total. The fourth-order valence-corrected chi connectivity index (χ4v) is 3.46. The molecule has 0 aliphatic heterocycles. The highest BCUT2D eigenvalue weighted by atomic mass is 16.5. The van der Waals surface area contributed by atoms with E-state index in [0.717, 1.165) is 25.3 Å². The molecule has 0 spiro atoms. The lowest BCUT2D eigenvalue weighted by Crippen LogP contribution is -2.33. The Morgan fingerprint density at radius 2 is 2.19 bits per heavy atom. The maximum atomic E-state index is 5.91. The van der Waals surface area contributed by atoms with Crippen molar-refractivity contribution in [2.75, 3.05) is 13.7 Å². The zero-order valence-corrected chi connectivity index (χ0v) is 13.6. The second-order valence-corrected chi connectivity index (χ2v) is 7.23. The van der Waals surface area contributed by atoms with Gasteiger partial charge in [0.2, 0.25) is 0 Å². The molecule has 116 valence electrons. The van der Waals surface area contributed by atoms with Crippen molar-refractivity contribution < 1.29 is 4.74 Å². The van der Waals surface area contributed by atoms with Gasteiger partial charge in [0.05, 0.1) is 0 Å². The highest BCUT2D eigenvalue weighted by Crippen LogP contribution is 2.44. The van der Waals surface area contributed by atoms with Crippen LogP contribution in [0, 0.1) is 11.3 Å². The molecule has 2 unspecified atom stereocenters. The molecule has 4 heteroatoms. The predicted molar refractivity (Wildman–Crippen MR) is 83.0 cm³/mol. The Hall–Kier alpha value is -1.00. The van der Waals surface area contributed by atoms with Gasteiger partial charge in [-0.1, -0.05) is 13.8 Å². The van der Waals surface area contributed by atoms with Crippen LogP contribution in [0.2, 0.25) is 0 Å². The summed E-state index contributed by atoms with van der Waals surface area (Å²) < 4.78 is 5.91. The SMILES string of the molecule is CCOC(c1ncc2c(n1)CC(C)(C)CC2NC)C1CC1. The molecule has 1 saturated carbocycles. The van der Waals surface area contributed by atoms with Gasteiger partial charge < -0.3 is 10.1 Å². The lowest BCUT2D eigenvalue weighted by atomic mass is 9.74. The minimum absolute atomic E-state index is 0.0957. The highest BCUT2D eigenvalue weighted by Gasteiger charge is 2.37. The van der Waals surface area contributed by atoms with E-state index in [-0.39, 0.29) is 11.5 Å². The Morgan fingerprint density at radius 1 is 1.43 bits per heavy atom. The van der Waals surface area contributed by atoms with Crippen LogP contribution < -0.4 is 5.32 Å². The number of hydrogen-bond acceptors (Lipinski definition) is 4. The van der Waals surface area contributed by atoms with Gasteiger partial charge in [-0.05, 0) is 51.0 Å². The molecule has 0 aromatic carbocycles. The molecular weight excluding hydrogens is 262 g/mol. The van der Waals surface area contributed by atoms with Crippen LogP contribution in [0.4, 0.5) is 0 Å². The summed E-state index contributed by atoms with van der Waals surface area (Å²) in [7, 11) is 2.02. The average Bonchev–Trinajstić information content (AvgIpc) is 3.26. The van der Waals surface area contributed by atoms with Crippen molar-refractivity contribution in [1.29, 1.82) is 0 Å². The molecule has 0 amide bonds. The first-order valence-electron chi connectivity index (χ1n) is 8.18. The normalized spacial score (nSPS) is 25.4. The Morgan fingerprint density at radius 3 is 2.81 bits per heavy atom. The summed E-state index contributed by atoms with van der Waals surface area (Å²) in [5.41, 5.74) is 2.76. The van der Waals surface area contributed by atoms with E-state index in [0.29, 0.717) is 12.0 Å². The molecule has 1 N–H and O–H groups in total. The lowest BCUT2D eigenvalue weighted by molar-refractivity contribution is 0.0396. The summed E-state index contributed by atoms with van der Waals surface area (Å²) in [6.45, 7) is 7.42. The van der Waals surface area contributed by atoms with E-state index < -0.39 is 0 Å². The fourth-order valence-electron chi connectivity index (χ4n) is 3.46. The van der Waals surface area contributed by atoms with Crippen molar-refractivity contribution in [1.82, 2.24) is 15.3 Å². The second-order valence-electron chi connectivity index (χ2n) is 7.23. The summed E-state index contributed by atoms with van der Waals surface area (Å²) >= 11 is 0. The first-order valence-corrected chi connectivity index (χ1v) is 8.18. The van der Waals surface area contributed by atoms with Gasteiger partial charge in [-0.25, -0.2) is 9.97 Å². The monoisotopic (exact) mass is 289 g/mol. The number of hydrogen-bond donors (Lipinski definition) is 1. The highest BCUT2D eigenvalue weighted by molar-refractivity contribution is 5.27. The van der Waals surface area contributed by atoms with Crippen molar-refractivity contribution in [2.24, 2.45) is 11.3 Å². The van der Waals surface area contributed by atoms with E-state index in [9.17, 15) is 0 Å². The quantitative estimate of drug-likeness (QED) is 0.904. The van der Waals surface area contributed by atoms with Crippen molar-refractivity contribution in [3.63, 3.8) is 0 Å². The van der Waals surface area contributed by atoms with E-state index in [1.54, 1.807) is 0 Å². The number of aromatic nitrogens is 2. The summed E-state index contributed by atoms with van der Waals surface area (Å²) in [4.78, 5) is 9.55. The van der Waals surface area contributed by atoms with Crippen LogP contribution in [0.3, 0.4) is 0 Å². The van der Waals surface area contributed by atoms with Crippen molar-refractivity contribution in [3.05, 3.63) is 23.3 Å². The maximum absolute atomic E-state index is 5.91. The topological polar surface area (TPSA) is 47.0 Å². The van der Waals surface area contributed by atoms with Crippen LogP contribution in [0.5, 0.6) is 0 Å². The molecular formula is C17H27N3O. The van der Waals surface area contributed by atoms with Crippen molar-refractivity contribution in [3.8, 4) is 0 Å². The summed E-state index contributed by atoms with van der Waals surface area (Å²) in [5, 5.41) is 3.41. The lowest BCUT2D eigenvalue weighted by Gasteiger charge is -2.36. The van der Waals surface area contributed by atoms with E-state index in [2.05, 4.69) is 24.1 Å². The molecule has 1 heterocycles. The maximum Gasteiger partial charge on any atom is 0.157 e. The Bertz CT molecular complexity index is 511. The summed E-state index contributed by atoms with van der Waals surface area (Å²) in [6.07, 6.45) is 6.78. The number of fused-ring (bicyclic) bond motifs is 1. The summed E-state index contributed by atoms with van der Waals surface area (Å²) in [6, 6.07) is 0.365. The smallest absolute Gasteiger partial charge is 0.157 e. The molecule has 3 rings (SSSR count). The average molecular weight is 289 g/mol. The number of ether oxygens (including phenoxy) is 1. The third kappa shape index (κ3) is 3.11. The van der Waals surface area contributed by atoms with E-state index >= 15 is 0 Å². The third-order valence-electron chi connectivity index (χ3n) is 4.70. The molecule has 1 fully saturated rings. The first-order chi connectivity index (χ1) is 10.0. The molecule has 2 aliphatic rings. The predicted octanol–water partition coefficient (Wildman–Crippen LogP) is 3.20. The molecule has 0 bridgehead atoms. The standard InChI is InChI=1S/C17H27N3O/c1-5-21-15(11-6-7-11)16-19-10-12-13(18-4)8-17(2,3)9-14(12)20-16/h10-11,13,15,18H,5-9H2,1-4H3. The second kappa shape index (κ2) is 5.65. The van der Waals surface area contributed by atoms with E-state index in [1.165, 1.54) is 24.1 Å². The minimum Gasteiger partial charge on any atom is -0.370 e. The molecule has 1 aromatic rings. The molecule has 1 aromatic heterocycles. The molecule has 0 saturated heterocycles. The third-order valence-corrected chi connectivity index (χ3v) is 4.70. The number of rotatable bonds is 5. The van der Waals surface area contributed by atoms with Crippen LogP contribution in [-0.2, 0) is 11.2 Å². The molecule has 21 heavy (non-hydrogen) atoms. The van der Waals surface area contributed by atoms with Gasteiger partial charge in [-0.15, -0.1) is 0 Å². The molecule has 2 atom stereocenters. The molecule has 0 radical (unpaired) electrons. The molecule has 2 aliphatic carbocycles. The van der Waals surface area contributed by atoms with Crippen molar-refractivity contribution >= 4 is 0 Å². The first kappa shape index (κ1) is 14.9.